The average molecular weight is 758 g/mol. The van der Waals surface area contributed by atoms with E-state index in [0.717, 1.165) is 38.5 Å². The molecule has 0 aromatic carbocycles. The van der Waals surface area contributed by atoms with Crippen LogP contribution >= 0.6 is 0 Å². The Bertz CT molecular complexity index is 928. The van der Waals surface area contributed by atoms with Gasteiger partial charge in [0, 0.05) is 39.5 Å². The van der Waals surface area contributed by atoms with Crippen molar-refractivity contribution in [3.63, 3.8) is 0 Å². The second kappa shape index (κ2) is 39.0. The van der Waals surface area contributed by atoms with Gasteiger partial charge in [-0.25, -0.2) is 0 Å². The van der Waals surface area contributed by atoms with Crippen LogP contribution in [-0.4, -0.2) is 120 Å². The van der Waals surface area contributed by atoms with E-state index < -0.39 is 12.0 Å². The normalized spacial score (nSPS) is 11.7. The average Bonchev–Trinajstić information content (AvgIpc) is 3.14. The molecule has 0 heterocycles. The van der Waals surface area contributed by atoms with Gasteiger partial charge in [-0.2, -0.15) is 0 Å². The zero-order chi connectivity index (χ0) is 39.0. The maximum atomic E-state index is 12.0. The third-order valence-electron chi connectivity index (χ3n) is 8.42. The Morgan fingerprint density at radius 2 is 0.925 bits per heavy atom. The van der Waals surface area contributed by atoms with E-state index in [0.29, 0.717) is 71.6 Å². The van der Waals surface area contributed by atoms with E-state index in [1.807, 2.05) is 0 Å². The van der Waals surface area contributed by atoms with Crippen molar-refractivity contribution in [2.24, 2.45) is 5.73 Å². The van der Waals surface area contributed by atoms with Crippen molar-refractivity contribution in [2.75, 3.05) is 79.0 Å². The van der Waals surface area contributed by atoms with Crippen molar-refractivity contribution in [3.8, 4) is 0 Å². The number of ketones is 1. The van der Waals surface area contributed by atoms with Gasteiger partial charge >= 0.3 is 5.97 Å². The van der Waals surface area contributed by atoms with Crippen LogP contribution in [0.25, 0.3) is 0 Å². The van der Waals surface area contributed by atoms with E-state index in [4.69, 9.17) is 36.8 Å². The lowest BCUT2D eigenvalue weighted by Crippen LogP contribution is -2.37. The van der Waals surface area contributed by atoms with E-state index in [1.165, 1.54) is 51.4 Å². The third kappa shape index (κ3) is 37.4. The molecular weight excluding hydrogens is 686 g/mol. The van der Waals surface area contributed by atoms with Crippen molar-refractivity contribution >= 4 is 29.5 Å². The number of carbonyl (C=O) groups excluding carboxylic acids is 4. The first-order valence-electron chi connectivity index (χ1n) is 19.8. The number of ether oxygens (including phenoxy) is 4. The van der Waals surface area contributed by atoms with Crippen LogP contribution in [0.15, 0.2) is 0 Å². The van der Waals surface area contributed by atoms with Crippen LogP contribution < -0.4 is 27.0 Å². The van der Waals surface area contributed by atoms with Crippen molar-refractivity contribution < 1.29 is 48.0 Å². The topological polar surface area (TPSA) is 217 Å². The highest BCUT2D eigenvalue weighted by Crippen LogP contribution is 2.13. The van der Waals surface area contributed by atoms with Crippen LogP contribution in [-0.2, 0) is 42.9 Å². The number of hydrogen-bond acceptors (Lipinski definition) is 11. The largest absolute Gasteiger partial charge is 0.481 e. The molecule has 0 saturated carbocycles. The van der Waals surface area contributed by atoms with Gasteiger partial charge in [0.05, 0.1) is 52.2 Å². The molecule has 2 radical (unpaired) electrons. The number of nitrogens with one attached hydrogen (secondary N) is 4. The summed E-state index contributed by atoms with van der Waals surface area (Å²) in [6.07, 6.45) is 19.0. The summed E-state index contributed by atoms with van der Waals surface area (Å²) in [6, 6.07) is -0.466. The number of hydrogen-bond donors (Lipinski definition) is 6. The SMILES string of the molecule is [CH]N[C@@H](CCCCNC(=O)COCCOCCNC(=O)COCCOCCNC(=O)CCCCCCCCCCCCCCCCC(=O)O)C(=O)CN. The van der Waals surface area contributed by atoms with Gasteiger partial charge in [0.25, 0.3) is 0 Å². The third-order valence-corrected chi connectivity index (χ3v) is 8.42. The number of nitrogens with two attached hydrogens (primary N) is 1. The fraction of sp³-hybridized carbons (Fsp3) is 0.842. The maximum absolute atomic E-state index is 12.0. The van der Waals surface area contributed by atoms with Gasteiger partial charge in [-0.05, 0) is 32.1 Å². The minimum atomic E-state index is -0.694. The summed E-state index contributed by atoms with van der Waals surface area (Å²) in [7, 11) is 5.35. The Balaban J connectivity index is 3.37. The fourth-order valence-electron chi connectivity index (χ4n) is 5.35. The quantitative estimate of drug-likeness (QED) is 0.0392. The smallest absolute Gasteiger partial charge is 0.303 e. The molecule has 0 aromatic rings. The van der Waals surface area contributed by atoms with Gasteiger partial charge in [-0.15, -0.1) is 0 Å². The van der Waals surface area contributed by atoms with Crippen LogP contribution in [0, 0.1) is 7.05 Å². The van der Waals surface area contributed by atoms with Crippen LogP contribution in [0.5, 0.6) is 0 Å². The molecule has 53 heavy (non-hydrogen) atoms. The lowest BCUT2D eigenvalue weighted by Gasteiger charge is -2.13. The number of carbonyl (C=O) groups is 5. The number of aliphatic carboxylic acids is 1. The molecule has 0 saturated heterocycles. The molecule has 0 fully saturated rings. The standard InChI is InChI=1S/C38H71N5O10/c1-40-33(34(44)30-39)18-16-17-21-41-36(46)31-52-28-27-51-25-23-43-37(47)32-53-29-26-50-24-22-42-35(45)19-14-12-10-8-6-4-2-3-5-7-9-11-13-15-20-38(48)49/h1,33,40H,2-32,39H2,(H,41,46)(H,42,45)(H,43,47)(H,48,49)/t33-/m0/s1. The minimum Gasteiger partial charge on any atom is -0.481 e. The molecule has 0 aliphatic heterocycles. The van der Waals surface area contributed by atoms with Gasteiger partial charge in [0.1, 0.15) is 13.2 Å². The second-order valence-electron chi connectivity index (χ2n) is 13.1. The summed E-state index contributed by atoms with van der Waals surface area (Å²) in [6.45, 7) is 2.79. The zero-order valence-electron chi connectivity index (χ0n) is 32.3. The molecule has 3 amide bonds. The Kier molecular flexibility index (Phi) is 37.0. The highest BCUT2D eigenvalue weighted by atomic mass is 16.5. The monoisotopic (exact) mass is 758 g/mol. The summed E-state index contributed by atoms with van der Waals surface area (Å²) >= 11 is 0. The van der Waals surface area contributed by atoms with Crippen LogP contribution in [0.3, 0.4) is 0 Å². The van der Waals surface area contributed by atoms with E-state index in [2.05, 4.69) is 21.3 Å². The molecule has 0 aliphatic carbocycles. The lowest BCUT2D eigenvalue weighted by molar-refractivity contribution is -0.137. The molecule has 0 unspecified atom stereocenters. The number of Topliss-reactive ketones (excluding diaryl/α,β-unsaturated/α-hetero) is 1. The van der Waals surface area contributed by atoms with Gasteiger partial charge in [-0.3, -0.25) is 24.0 Å². The molecule has 0 aliphatic rings. The van der Waals surface area contributed by atoms with Gasteiger partial charge < -0.3 is 51.1 Å². The molecule has 1 atom stereocenters. The minimum absolute atomic E-state index is 0.0426. The summed E-state index contributed by atoms with van der Waals surface area (Å²) in [4.78, 5) is 57.7. The first-order valence-corrected chi connectivity index (χ1v) is 19.8. The van der Waals surface area contributed by atoms with E-state index in [1.54, 1.807) is 0 Å². The maximum Gasteiger partial charge on any atom is 0.303 e. The number of rotatable bonds is 41. The Morgan fingerprint density at radius 3 is 1.38 bits per heavy atom. The van der Waals surface area contributed by atoms with Crippen molar-refractivity contribution in [2.45, 2.75) is 128 Å². The van der Waals surface area contributed by atoms with Crippen LogP contribution in [0.4, 0.5) is 0 Å². The molecule has 0 bridgehead atoms. The van der Waals surface area contributed by atoms with Crippen molar-refractivity contribution in [3.05, 3.63) is 7.05 Å². The molecule has 0 spiro atoms. The summed E-state index contributed by atoms with van der Waals surface area (Å²) < 4.78 is 21.4. The van der Waals surface area contributed by atoms with Gasteiger partial charge in [-0.1, -0.05) is 77.0 Å². The van der Waals surface area contributed by atoms with Gasteiger partial charge in [0.2, 0.25) is 17.7 Å². The van der Waals surface area contributed by atoms with E-state index in [9.17, 15) is 24.0 Å². The van der Waals surface area contributed by atoms with Crippen molar-refractivity contribution in [1.82, 2.24) is 21.3 Å². The number of unbranched alkanes of at least 4 members (excludes halogenated alkanes) is 14. The number of carboxylic acid groups (broad SMARTS) is 1. The Morgan fingerprint density at radius 1 is 0.509 bits per heavy atom. The summed E-state index contributed by atoms with van der Waals surface area (Å²) in [5.74, 6) is -1.29. The van der Waals surface area contributed by atoms with E-state index in [-0.39, 0.29) is 63.1 Å². The van der Waals surface area contributed by atoms with E-state index >= 15 is 0 Å². The molecule has 0 rings (SSSR count). The molecule has 15 heteroatoms. The molecule has 308 valence electrons. The molecular formula is C38H71N5O10. The summed E-state index contributed by atoms with van der Waals surface area (Å²) in [5.41, 5.74) is 5.33. The highest BCUT2D eigenvalue weighted by molar-refractivity contribution is 5.85. The summed E-state index contributed by atoms with van der Waals surface area (Å²) in [5, 5.41) is 19.4. The highest BCUT2D eigenvalue weighted by Gasteiger charge is 2.14. The predicted molar refractivity (Wildman–Crippen MR) is 203 cm³/mol. The molecule has 15 nitrogen and oxygen atoms in total. The van der Waals surface area contributed by atoms with Crippen molar-refractivity contribution in [1.29, 1.82) is 0 Å². The predicted octanol–water partition coefficient (Wildman–Crippen LogP) is 3.05. The van der Waals surface area contributed by atoms with Crippen LogP contribution in [0.1, 0.15) is 122 Å². The number of amides is 3. The molecule has 7 N–H and O–H groups in total. The van der Waals surface area contributed by atoms with Crippen LogP contribution in [0.2, 0.25) is 0 Å². The van der Waals surface area contributed by atoms with Gasteiger partial charge in [0.15, 0.2) is 5.78 Å². The first kappa shape index (κ1) is 50.3. The fourth-order valence-corrected chi connectivity index (χ4v) is 5.35. The lowest BCUT2D eigenvalue weighted by atomic mass is 10.0. The Labute approximate surface area is 318 Å². The Hall–Kier alpha value is -2.69. The second-order valence-corrected chi connectivity index (χ2v) is 13.1. The molecule has 0 aromatic heterocycles. The zero-order valence-corrected chi connectivity index (χ0v) is 32.3. The number of carboxylic acids is 1. The first-order chi connectivity index (χ1) is 25.8.